The molecule has 0 radical (unpaired) electrons. The second-order valence-electron chi connectivity index (χ2n) is 21.7. The van der Waals surface area contributed by atoms with Crippen LogP contribution in [-0.4, -0.2) is 70.0 Å². The predicted octanol–water partition coefficient (Wildman–Crippen LogP) is 18.1. The molecule has 0 aromatic rings. The number of esters is 2. The van der Waals surface area contributed by atoms with Crippen molar-refractivity contribution in [2.45, 2.75) is 296 Å². The summed E-state index contributed by atoms with van der Waals surface area (Å²) in [5, 5.41) is 0. The molecule has 0 rings (SSSR count). The number of rotatable bonds is 56. The molecular weight excluding hydrogens is 906 g/mol. The lowest BCUT2D eigenvalue weighted by atomic mass is 10.0. The fourth-order valence-electron chi connectivity index (χ4n) is 8.72. The van der Waals surface area contributed by atoms with Crippen LogP contribution < -0.4 is 4.89 Å². The highest BCUT2D eigenvalue weighted by Gasteiger charge is 2.22. The average molecular weight is 1020 g/mol. The number of phosphoric ester groups is 1. The van der Waals surface area contributed by atoms with Gasteiger partial charge in [-0.05, 0) is 51.4 Å². The van der Waals surface area contributed by atoms with E-state index < -0.39 is 26.5 Å². The Hall–Kier alpha value is -1.77. The maximum atomic E-state index is 12.8. The summed E-state index contributed by atoms with van der Waals surface area (Å²) in [4.78, 5) is 37.9. The van der Waals surface area contributed by atoms with Crippen molar-refractivity contribution in [3.63, 3.8) is 0 Å². The molecule has 0 spiro atoms. The second-order valence-corrected chi connectivity index (χ2v) is 23.1. The van der Waals surface area contributed by atoms with Crippen molar-refractivity contribution >= 4 is 19.8 Å². The number of allylic oxidation sites excluding steroid dienone is 6. The Morgan fingerprint density at radius 3 is 1.13 bits per heavy atom. The van der Waals surface area contributed by atoms with Crippen LogP contribution >= 0.6 is 7.82 Å². The van der Waals surface area contributed by atoms with E-state index >= 15 is 0 Å². The molecule has 2 atom stereocenters. The van der Waals surface area contributed by atoms with E-state index in [0.717, 1.165) is 70.6 Å². The summed E-state index contributed by atoms with van der Waals surface area (Å²) in [6, 6.07) is 0. The molecule has 0 heterocycles. The number of phosphoric acid groups is 1. The van der Waals surface area contributed by atoms with E-state index in [9.17, 15) is 19.0 Å². The van der Waals surface area contributed by atoms with Crippen molar-refractivity contribution in [2.24, 2.45) is 0 Å². The number of unbranched alkanes of at least 4 members (excludes halogenated alkanes) is 36. The number of hydrogen-bond donors (Lipinski definition) is 0. The Morgan fingerprint density at radius 1 is 0.437 bits per heavy atom. The Labute approximate surface area is 440 Å². The minimum absolute atomic E-state index is 0.0324. The van der Waals surface area contributed by atoms with Crippen LogP contribution in [0.5, 0.6) is 0 Å². The maximum absolute atomic E-state index is 12.8. The van der Waals surface area contributed by atoms with Gasteiger partial charge in [-0.3, -0.25) is 14.2 Å². The molecule has 0 aromatic heterocycles. The van der Waals surface area contributed by atoms with Crippen LogP contribution in [0.2, 0.25) is 0 Å². The van der Waals surface area contributed by atoms with Crippen molar-refractivity contribution in [1.82, 2.24) is 0 Å². The van der Waals surface area contributed by atoms with Gasteiger partial charge in [0.2, 0.25) is 0 Å². The number of carbonyl (C=O) groups excluding carboxylic acids is 2. The Morgan fingerprint density at radius 2 is 0.761 bits per heavy atom. The largest absolute Gasteiger partial charge is 0.756 e. The van der Waals surface area contributed by atoms with Gasteiger partial charge >= 0.3 is 11.9 Å². The Balaban J connectivity index is 4.12. The summed E-state index contributed by atoms with van der Waals surface area (Å²) < 4.78 is 34.2. The third-order valence-corrected chi connectivity index (χ3v) is 14.4. The van der Waals surface area contributed by atoms with Crippen molar-refractivity contribution in [1.29, 1.82) is 0 Å². The molecule has 0 saturated carbocycles. The predicted molar refractivity (Wildman–Crippen MR) is 301 cm³/mol. The van der Waals surface area contributed by atoms with Crippen LogP contribution in [0.1, 0.15) is 290 Å². The molecule has 10 heteroatoms. The van der Waals surface area contributed by atoms with Gasteiger partial charge in [-0.2, -0.15) is 0 Å². The smallest absolute Gasteiger partial charge is 0.306 e. The minimum Gasteiger partial charge on any atom is -0.756 e. The van der Waals surface area contributed by atoms with Crippen LogP contribution in [-0.2, 0) is 32.7 Å². The molecule has 0 aliphatic rings. The zero-order chi connectivity index (χ0) is 52.0. The number of nitrogens with zero attached hydrogens (tertiary/aromatic N) is 1. The first-order valence-corrected chi connectivity index (χ1v) is 31.7. The second kappa shape index (κ2) is 53.1. The first-order chi connectivity index (χ1) is 34.5. The molecule has 0 aromatic carbocycles. The van der Waals surface area contributed by atoms with Crippen LogP contribution in [0.25, 0.3) is 0 Å². The van der Waals surface area contributed by atoms with E-state index in [0.29, 0.717) is 17.4 Å². The lowest BCUT2D eigenvalue weighted by Gasteiger charge is -2.28. The van der Waals surface area contributed by atoms with E-state index in [-0.39, 0.29) is 32.0 Å². The normalized spacial score (nSPS) is 13.5. The summed E-state index contributed by atoms with van der Waals surface area (Å²) in [5.41, 5.74) is 0. The fourth-order valence-corrected chi connectivity index (χ4v) is 9.45. The van der Waals surface area contributed by atoms with Gasteiger partial charge < -0.3 is 27.9 Å². The van der Waals surface area contributed by atoms with Gasteiger partial charge in [-0.25, -0.2) is 0 Å². The highest BCUT2D eigenvalue weighted by molar-refractivity contribution is 7.45. The van der Waals surface area contributed by atoms with Gasteiger partial charge in [0, 0.05) is 12.8 Å². The monoisotopic (exact) mass is 1020 g/mol. The first-order valence-electron chi connectivity index (χ1n) is 30.2. The standard InChI is InChI=1S/C61H116NO8P/c1-6-8-10-12-14-16-18-20-22-24-26-28-29-30-31-32-34-35-37-39-41-43-45-47-49-51-53-60(63)67-57-59(58-69-71(65,66)68-56-55-62(3,4)5)70-61(64)54-52-50-48-46-44-42-40-38-36-33-27-25-23-21-19-17-15-13-11-9-7-2/h19,21,25,27,36,38,59H,6-18,20,22-24,26,28-35,37,39-58H2,1-5H3/b21-19-,27-25-,38-36-. The van der Waals surface area contributed by atoms with E-state index in [4.69, 9.17) is 18.5 Å². The summed E-state index contributed by atoms with van der Waals surface area (Å²) in [6.45, 7) is 4.26. The van der Waals surface area contributed by atoms with Crippen LogP contribution in [0.3, 0.4) is 0 Å². The van der Waals surface area contributed by atoms with Gasteiger partial charge in [0.1, 0.15) is 19.8 Å². The highest BCUT2D eigenvalue weighted by Crippen LogP contribution is 2.38. The van der Waals surface area contributed by atoms with Crippen molar-refractivity contribution in [3.8, 4) is 0 Å². The quantitative estimate of drug-likeness (QED) is 0.0195. The number of quaternary nitrogens is 1. The molecule has 2 unspecified atom stereocenters. The summed E-state index contributed by atoms with van der Waals surface area (Å²) >= 11 is 0. The summed E-state index contributed by atoms with van der Waals surface area (Å²) in [5.74, 6) is -0.834. The molecule has 418 valence electrons. The number of hydrogen-bond acceptors (Lipinski definition) is 8. The molecule has 0 bridgehead atoms. The third-order valence-electron chi connectivity index (χ3n) is 13.4. The molecular formula is C61H116NO8P. The summed E-state index contributed by atoms with van der Waals surface area (Å²) in [7, 11) is 1.17. The zero-order valence-corrected chi connectivity index (χ0v) is 48.3. The maximum Gasteiger partial charge on any atom is 0.306 e. The summed E-state index contributed by atoms with van der Waals surface area (Å²) in [6.07, 6.45) is 64.8. The van der Waals surface area contributed by atoms with Crippen molar-refractivity contribution < 1.29 is 42.1 Å². The molecule has 71 heavy (non-hydrogen) atoms. The first kappa shape index (κ1) is 69.2. The molecule has 9 nitrogen and oxygen atoms in total. The van der Waals surface area contributed by atoms with Gasteiger partial charge in [0.05, 0.1) is 27.7 Å². The Kier molecular flexibility index (Phi) is 51.7. The number of carbonyl (C=O) groups is 2. The van der Waals surface area contributed by atoms with Gasteiger partial charge in [-0.1, -0.05) is 262 Å². The minimum atomic E-state index is -4.64. The molecule has 0 aliphatic heterocycles. The fraction of sp³-hybridized carbons (Fsp3) is 0.869. The SMILES string of the molecule is CCCCCCC/C=C\C/C=C\C/C=C\CCCCCCCCC(=O)OC(COC(=O)CCCCCCCCCCCCCCCCCCCCCCCCCCCC)COP(=O)([O-])OCC[N+](C)(C)C. The molecule has 0 fully saturated rings. The van der Waals surface area contributed by atoms with Crippen LogP contribution in [0, 0.1) is 0 Å². The van der Waals surface area contributed by atoms with Crippen molar-refractivity contribution in [3.05, 3.63) is 36.5 Å². The topological polar surface area (TPSA) is 111 Å². The molecule has 0 amide bonds. The van der Waals surface area contributed by atoms with E-state index in [1.165, 1.54) is 186 Å². The van der Waals surface area contributed by atoms with Gasteiger partial charge in [0.15, 0.2) is 6.10 Å². The van der Waals surface area contributed by atoms with Gasteiger partial charge in [-0.15, -0.1) is 0 Å². The van der Waals surface area contributed by atoms with E-state index in [1.54, 1.807) is 0 Å². The van der Waals surface area contributed by atoms with E-state index in [1.807, 2.05) is 21.1 Å². The average Bonchev–Trinajstić information content (AvgIpc) is 3.33. The van der Waals surface area contributed by atoms with Crippen molar-refractivity contribution in [2.75, 3.05) is 47.5 Å². The van der Waals surface area contributed by atoms with Crippen LogP contribution in [0.4, 0.5) is 0 Å². The lowest BCUT2D eigenvalue weighted by Crippen LogP contribution is -2.37. The number of ether oxygens (including phenoxy) is 2. The third kappa shape index (κ3) is 57.4. The van der Waals surface area contributed by atoms with Gasteiger partial charge in [0.25, 0.3) is 7.82 Å². The zero-order valence-electron chi connectivity index (χ0n) is 47.4. The Bertz CT molecular complexity index is 1300. The number of likely N-dealkylation sites (N-methyl/N-ethyl adjacent to an activating group) is 1. The lowest BCUT2D eigenvalue weighted by molar-refractivity contribution is -0.870. The highest BCUT2D eigenvalue weighted by atomic mass is 31.2. The van der Waals surface area contributed by atoms with E-state index in [2.05, 4.69) is 50.3 Å². The molecule has 0 N–H and O–H groups in total. The molecule has 0 saturated heterocycles. The van der Waals surface area contributed by atoms with Crippen LogP contribution in [0.15, 0.2) is 36.5 Å². The molecule has 0 aliphatic carbocycles.